The van der Waals surface area contributed by atoms with Gasteiger partial charge < -0.3 is 9.84 Å². The van der Waals surface area contributed by atoms with E-state index in [1.807, 2.05) is 0 Å². The summed E-state index contributed by atoms with van der Waals surface area (Å²) < 4.78 is 4.97. The van der Waals surface area contributed by atoms with Crippen molar-refractivity contribution in [1.82, 2.24) is 0 Å². The zero-order chi connectivity index (χ0) is 16.0. The van der Waals surface area contributed by atoms with E-state index in [1.165, 1.54) is 19.1 Å². The molecule has 5 nitrogen and oxygen atoms in total. The lowest BCUT2D eigenvalue weighted by Crippen LogP contribution is -2.12. The Hall–Kier alpha value is -1.95. The lowest BCUT2D eigenvalue weighted by atomic mass is 9.99. The largest absolute Gasteiger partial charge is 0.478 e. The molecule has 21 heavy (non-hydrogen) atoms. The first-order chi connectivity index (χ1) is 9.86. The predicted octanol–water partition coefficient (Wildman–Crippen LogP) is 2.99. The molecule has 0 aliphatic rings. The fraction of sp³-hybridized carbons (Fsp3) is 0.267. The number of ketones is 1. The number of Topliss-reactive ketones (excluding diaryl/α,β-unsaturated/α-hetero) is 1. The lowest BCUT2D eigenvalue weighted by molar-refractivity contribution is -0.131. The molecule has 1 N–H and O–H groups in total. The van der Waals surface area contributed by atoms with Gasteiger partial charge in [-0.3, -0.25) is 4.79 Å². The molecular formula is C15H15BrO5. The Morgan fingerprint density at radius 3 is 2.57 bits per heavy atom. The number of benzene rings is 1. The summed E-state index contributed by atoms with van der Waals surface area (Å²) in [5.74, 6) is -1.78. The Bertz CT molecular complexity index is 592. The first-order valence-electron chi connectivity index (χ1n) is 6.23. The number of halogens is 1. The van der Waals surface area contributed by atoms with Gasteiger partial charge in [0.1, 0.15) is 5.78 Å². The van der Waals surface area contributed by atoms with Crippen LogP contribution in [-0.2, 0) is 14.3 Å². The van der Waals surface area contributed by atoms with E-state index in [2.05, 4.69) is 15.9 Å². The molecule has 1 aromatic rings. The van der Waals surface area contributed by atoms with Gasteiger partial charge in [-0.15, -0.1) is 0 Å². The fourth-order valence-electron chi connectivity index (χ4n) is 1.67. The number of hydrogen-bond donors (Lipinski definition) is 1. The van der Waals surface area contributed by atoms with Gasteiger partial charge in [-0.2, -0.15) is 0 Å². The molecule has 0 bridgehead atoms. The molecule has 0 aliphatic carbocycles. The van der Waals surface area contributed by atoms with Crippen molar-refractivity contribution in [3.63, 3.8) is 0 Å². The van der Waals surface area contributed by atoms with E-state index in [0.717, 1.165) is 6.08 Å². The van der Waals surface area contributed by atoms with Crippen molar-refractivity contribution in [2.45, 2.75) is 18.7 Å². The summed E-state index contributed by atoms with van der Waals surface area (Å²) in [6.45, 7) is 3.30. The van der Waals surface area contributed by atoms with Gasteiger partial charge in [-0.1, -0.05) is 28.1 Å². The first kappa shape index (κ1) is 17.1. The number of rotatable bonds is 6. The predicted molar refractivity (Wildman–Crippen MR) is 81.4 cm³/mol. The van der Waals surface area contributed by atoms with Gasteiger partial charge in [0.15, 0.2) is 0 Å². The quantitative estimate of drug-likeness (QED) is 0.482. The molecule has 1 aromatic carbocycles. The maximum absolute atomic E-state index is 12.0. The molecule has 1 atom stereocenters. The van der Waals surface area contributed by atoms with Crippen LogP contribution in [0.15, 0.2) is 24.3 Å². The molecule has 1 rings (SSSR count). The standard InChI is InChI=1S/C15H15BrO5/c1-3-21-15(20)12-8-10(5-7-13(18)19)4-6-11(12)14(16)9(2)17/h4-8,14H,3H2,1-2H3,(H,18,19)/b7-5+. The number of carbonyl (C=O) groups excluding carboxylic acids is 2. The summed E-state index contributed by atoms with van der Waals surface area (Å²) in [6, 6.07) is 4.74. The minimum atomic E-state index is -1.08. The zero-order valence-corrected chi connectivity index (χ0v) is 13.2. The van der Waals surface area contributed by atoms with Crippen LogP contribution in [0, 0.1) is 0 Å². The Balaban J connectivity index is 3.29. The SMILES string of the molecule is CCOC(=O)c1cc(/C=C/C(=O)O)ccc1C(Br)C(C)=O. The molecule has 0 radical (unpaired) electrons. The summed E-state index contributed by atoms with van der Waals surface area (Å²) in [5, 5.41) is 8.62. The van der Waals surface area contributed by atoms with Crippen LogP contribution in [0.2, 0.25) is 0 Å². The number of carboxylic acids is 1. The topological polar surface area (TPSA) is 80.7 Å². The molecule has 6 heteroatoms. The summed E-state index contributed by atoms with van der Waals surface area (Å²) in [5.41, 5.74) is 1.27. The highest BCUT2D eigenvalue weighted by molar-refractivity contribution is 9.09. The fourth-order valence-corrected chi connectivity index (χ4v) is 2.07. The number of carbonyl (C=O) groups is 3. The normalized spacial score (nSPS) is 12.1. The van der Waals surface area contributed by atoms with E-state index in [1.54, 1.807) is 19.1 Å². The van der Waals surface area contributed by atoms with E-state index < -0.39 is 16.8 Å². The second-order valence-electron chi connectivity index (χ2n) is 4.21. The van der Waals surface area contributed by atoms with E-state index in [4.69, 9.17) is 9.84 Å². The Kier molecular flexibility index (Phi) is 6.30. The van der Waals surface area contributed by atoms with Gasteiger partial charge in [0, 0.05) is 6.08 Å². The third kappa shape index (κ3) is 4.82. The van der Waals surface area contributed by atoms with Gasteiger partial charge in [0.05, 0.1) is 17.0 Å². The smallest absolute Gasteiger partial charge is 0.338 e. The third-order valence-electron chi connectivity index (χ3n) is 2.62. The van der Waals surface area contributed by atoms with Gasteiger partial charge in [0.25, 0.3) is 0 Å². The molecule has 1 unspecified atom stereocenters. The molecule has 0 spiro atoms. The number of ether oxygens (including phenoxy) is 1. The second-order valence-corrected chi connectivity index (χ2v) is 5.13. The van der Waals surface area contributed by atoms with Crippen LogP contribution < -0.4 is 0 Å². The van der Waals surface area contributed by atoms with Crippen LogP contribution in [-0.4, -0.2) is 29.4 Å². The number of alkyl halides is 1. The van der Waals surface area contributed by atoms with Gasteiger partial charge in [-0.05, 0) is 37.1 Å². The van der Waals surface area contributed by atoms with Gasteiger partial charge in [0.2, 0.25) is 0 Å². The highest BCUT2D eigenvalue weighted by atomic mass is 79.9. The summed E-state index contributed by atoms with van der Waals surface area (Å²) >= 11 is 3.24. The van der Waals surface area contributed by atoms with Crippen LogP contribution in [0.1, 0.15) is 40.2 Å². The van der Waals surface area contributed by atoms with Crippen LogP contribution in [0.5, 0.6) is 0 Å². The lowest BCUT2D eigenvalue weighted by Gasteiger charge is -2.13. The number of aliphatic carboxylic acids is 1. The Morgan fingerprint density at radius 2 is 2.05 bits per heavy atom. The monoisotopic (exact) mass is 354 g/mol. The molecule has 0 fully saturated rings. The highest BCUT2D eigenvalue weighted by Gasteiger charge is 2.21. The van der Waals surface area contributed by atoms with E-state index >= 15 is 0 Å². The van der Waals surface area contributed by atoms with Crippen molar-refractivity contribution in [3.05, 3.63) is 41.0 Å². The third-order valence-corrected chi connectivity index (χ3v) is 3.76. The van der Waals surface area contributed by atoms with Crippen molar-refractivity contribution < 1.29 is 24.2 Å². The minimum Gasteiger partial charge on any atom is -0.478 e. The van der Waals surface area contributed by atoms with Crippen molar-refractivity contribution in [3.8, 4) is 0 Å². The van der Waals surface area contributed by atoms with Crippen molar-refractivity contribution in [2.24, 2.45) is 0 Å². The summed E-state index contributed by atoms with van der Waals surface area (Å²) in [7, 11) is 0. The Morgan fingerprint density at radius 1 is 1.38 bits per heavy atom. The zero-order valence-electron chi connectivity index (χ0n) is 11.6. The van der Waals surface area contributed by atoms with Crippen LogP contribution >= 0.6 is 15.9 Å². The molecule has 0 amide bonds. The van der Waals surface area contributed by atoms with E-state index in [9.17, 15) is 14.4 Å². The van der Waals surface area contributed by atoms with E-state index in [0.29, 0.717) is 11.1 Å². The van der Waals surface area contributed by atoms with Gasteiger partial charge in [-0.25, -0.2) is 9.59 Å². The summed E-state index contributed by atoms with van der Waals surface area (Å²) in [4.78, 5) is 33.4. The Labute approximate surface area is 130 Å². The van der Waals surface area contributed by atoms with Crippen LogP contribution in [0.25, 0.3) is 6.08 Å². The molecule has 112 valence electrons. The van der Waals surface area contributed by atoms with E-state index in [-0.39, 0.29) is 18.0 Å². The van der Waals surface area contributed by atoms with Crippen molar-refractivity contribution in [1.29, 1.82) is 0 Å². The number of carboxylic acid groups (broad SMARTS) is 1. The maximum atomic E-state index is 12.0. The highest BCUT2D eigenvalue weighted by Crippen LogP contribution is 2.28. The first-order valence-corrected chi connectivity index (χ1v) is 7.15. The molecule has 0 saturated carbocycles. The molecule has 0 aliphatic heterocycles. The van der Waals surface area contributed by atoms with Gasteiger partial charge >= 0.3 is 11.9 Å². The minimum absolute atomic E-state index is 0.144. The molecule has 0 saturated heterocycles. The average Bonchev–Trinajstić information content (AvgIpc) is 2.44. The van der Waals surface area contributed by atoms with Crippen LogP contribution in [0.3, 0.4) is 0 Å². The average molecular weight is 355 g/mol. The van der Waals surface area contributed by atoms with Crippen molar-refractivity contribution >= 4 is 39.7 Å². The second kappa shape index (κ2) is 7.73. The van der Waals surface area contributed by atoms with Crippen LogP contribution in [0.4, 0.5) is 0 Å². The maximum Gasteiger partial charge on any atom is 0.338 e. The molecule has 0 heterocycles. The summed E-state index contributed by atoms with van der Waals surface area (Å²) in [6.07, 6.45) is 2.34. The van der Waals surface area contributed by atoms with Crippen molar-refractivity contribution in [2.75, 3.05) is 6.61 Å². The number of esters is 1. The molecule has 0 aromatic heterocycles. The number of hydrogen-bond acceptors (Lipinski definition) is 4. The molecular weight excluding hydrogens is 340 g/mol.